The Kier molecular flexibility index (Phi) is 19.2. The summed E-state index contributed by atoms with van der Waals surface area (Å²) in [6.07, 6.45) is 0. The SMILES string of the molecule is O=[N+](O)O.O=[N+](O)O.O=[N+](O)O.[Bi].c1nc(-c2cscn2)cs1.c1nc(-c2cscn2)cs1. The summed E-state index contributed by atoms with van der Waals surface area (Å²) in [5.41, 5.74) is 11.2. The molecule has 0 amide bonds. The van der Waals surface area contributed by atoms with Crippen LogP contribution in [0.1, 0.15) is 0 Å². The topological polar surface area (TPSA) is 233 Å². The smallest absolute Gasteiger partial charge is 0.243 e. The zero-order chi connectivity index (χ0) is 24.4. The van der Waals surface area contributed by atoms with E-state index in [0.29, 0.717) is 0 Å². The largest absolute Gasteiger partial charge is 0.472 e. The molecule has 0 spiro atoms. The molecule has 33 heavy (non-hydrogen) atoms. The first-order chi connectivity index (χ1) is 15.1. The third-order valence-corrected chi connectivity index (χ3v) is 4.60. The van der Waals surface area contributed by atoms with Gasteiger partial charge in [0.15, 0.2) is 0 Å². The number of rotatable bonds is 2. The van der Waals surface area contributed by atoms with Gasteiger partial charge in [0.1, 0.15) is 37.5 Å². The van der Waals surface area contributed by atoms with E-state index in [1.807, 2.05) is 43.6 Å². The number of hydrogen-bond donors (Lipinski definition) is 6. The summed E-state index contributed by atoms with van der Waals surface area (Å²) in [7, 11) is 0. The Morgan fingerprint density at radius 3 is 0.727 bits per heavy atom. The standard InChI is InChI=1S/2C6H4N2S2.Bi.3H2NO3/c2*1-5(7-3-9-1)6-2-10-4-8-6;;3*2-1(3)4/h2*1-4H;;3*(H2,2,3,4)/q;;;3*+1. The molecule has 0 bridgehead atoms. The summed E-state index contributed by atoms with van der Waals surface area (Å²) in [5, 5.41) is 45.6. The summed E-state index contributed by atoms with van der Waals surface area (Å²) in [6.45, 7) is 0. The normalized spacial score (nSPS) is 8.24. The molecule has 0 aliphatic carbocycles. The zero-order valence-corrected chi connectivity index (χ0v) is 22.5. The fraction of sp³-hybridized carbons (Fsp3) is 0. The molecule has 4 heterocycles. The molecule has 6 N–H and O–H groups in total. The Labute approximate surface area is 218 Å². The van der Waals surface area contributed by atoms with E-state index < -0.39 is 15.3 Å². The first-order valence-electron chi connectivity index (χ1n) is 7.22. The molecule has 0 aliphatic heterocycles. The van der Waals surface area contributed by atoms with E-state index >= 15 is 0 Å². The third-order valence-electron chi connectivity index (χ3n) is 2.25. The molecule has 0 saturated heterocycles. The second-order valence-corrected chi connectivity index (χ2v) is 7.13. The Morgan fingerprint density at radius 1 is 0.485 bits per heavy atom. The monoisotopic (exact) mass is 737 g/mol. The van der Waals surface area contributed by atoms with E-state index in [2.05, 4.69) is 19.9 Å². The van der Waals surface area contributed by atoms with Gasteiger partial charge in [-0.15, -0.1) is 45.3 Å². The maximum atomic E-state index is 8.47. The van der Waals surface area contributed by atoms with Crippen LogP contribution in [0, 0.1) is 14.7 Å². The van der Waals surface area contributed by atoms with Crippen molar-refractivity contribution in [2.45, 2.75) is 0 Å². The van der Waals surface area contributed by atoms with Crippen LogP contribution in [0.15, 0.2) is 43.6 Å². The van der Waals surface area contributed by atoms with Crippen LogP contribution in [-0.2, 0) is 0 Å². The van der Waals surface area contributed by atoms with Crippen molar-refractivity contribution < 1.29 is 46.5 Å². The van der Waals surface area contributed by atoms with Crippen molar-refractivity contribution in [1.29, 1.82) is 0 Å². The minimum absolute atomic E-state index is 0. The van der Waals surface area contributed by atoms with Gasteiger partial charge in [-0.1, -0.05) is 0 Å². The van der Waals surface area contributed by atoms with Crippen LogP contribution in [0.2, 0.25) is 0 Å². The molecule has 3 radical (unpaired) electrons. The summed E-state index contributed by atoms with van der Waals surface area (Å²) >= 11 is 6.37. The van der Waals surface area contributed by atoms with E-state index in [4.69, 9.17) is 46.0 Å². The minimum Gasteiger partial charge on any atom is -0.243 e. The van der Waals surface area contributed by atoms with Crippen molar-refractivity contribution in [1.82, 2.24) is 19.9 Å². The Balaban J connectivity index is 0. The molecule has 16 nitrogen and oxygen atoms in total. The average molecular weight is 738 g/mol. The molecule has 21 heteroatoms. The summed E-state index contributed by atoms with van der Waals surface area (Å²) < 4.78 is 0. The van der Waals surface area contributed by atoms with Crippen LogP contribution >= 0.6 is 45.3 Å². The minimum atomic E-state index is -1.25. The van der Waals surface area contributed by atoms with Crippen molar-refractivity contribution in [3.8, 4) is 22.8 Å². The Morgan fingerprint density at radius 2 is 0.636 bits per heavy atom. The van der Waals surface area contributed by atoms with Crippen LogP contribution in [0.3, 0.4) is 0 Å². The van der Waals surface area contributed by atoms with Gasteiger partial charge >= 0.3 is 15.3 Å². The van der Waals surface area contributed by atoms with Crippen LogP contribution in [-0.4, -0.2) is 92.6 Å². The number of aromatic nitrogens is 4. The number of nitrogens with zero attached hydrogens (tertiary/aromatic N) is 7. The van der Waals surface area contributed by atoms with Gasteiger partial charge in [0.2, 0.25) is 0 Å². The Bertz CT molecular complexity index is 833. The van der Waals surface area contributed by atoms with E-state index in [-0.39, 0.29) is 26.2 Å². The van der Waals surface area contributed by atoms with Gasteiger partial charge in [-0.3, -0.25) is 0 Å². The molecule has 0 fully saturated rings. The van der Waals surface area contributed by atoms with Crippen LogP contribution in [0.25, 0.3) is 22.8 Å². The summed E-state index contributed by atoms with van der Waals surface area (Å²) in [6, 6.07) is 0. The summed E-state index contributed by atoms with van der Waals surface area (Å²) in [5.74, 6) is 0. The second kappa shape index (κ2) is 19.7. The quantitative estimate of drug-likeness (QED) is 0.129. The molecule has 0 unspecified atom stereocenters. The molecule has 0 atom stereocenters. The van der Waals surface area contributed by atoms with Crippen LogP contribution < -0.4 is 0 Å². The van der Waals surface area contributed by atoms with Crippen molar-refractivity contribution in [2.75, 3.05) is 0 Å². The van der Waals surface area contributed by atoms with Gasteiger partial charge in [0.25, 0.3) is 0 Å². The van der Waals surface area contributed by atoms with Gasteiger partial charge in [-0.2, -0.15) is 0 Å². The second-order valence-electron chi connectivity index (χ2n) is 4.25. The predicted octanol–water partition coefficient (Wildman–Crippen LogP) is 2.78. The van der Waals surface area contributed by atoms with Crippen molar-refractivity contribution >= 4 is 71.6 Å². The van der Waals surface area contributed by atoms with E-state index in [1.165, 1.54) is 0 Å². The van der Waals surface area contributed by atoms with Gasteiger partial charge in [-0.05, 0) is 0 Å². The molecular weight excluding hydrogens is 723 g/mol. The van der Waals surface area contributed by atoms with Crippen molar-refractivity contribution in [3.05, 3.63) is 58.3 Å². The van der Waals surface area contributed by atoms with Gasteiger partial charge < -0.3 is 0 Å². The number of thiazole rings is 4. The maximum absolute atomic E-state index is 8.47. The zero-order valence-electron chi connectivity index (χ0n) is 15.7. The maximum Gasteiger partial charge on any atom is 0.472 e. The van der Waals surface area contributed by atoms with E-state index in [0.717, 1.165) is 22.8 Å². The fourth-order valence-corrected chi connectivity index (χ4v) is 3.54. The fourth-order valence-electron chi connectivity index (χ4n) is 1.36. The molecule has 0 aromatic carbocycles. The first kappa shape index (κ1) is 32.2. The van der Waals surface area contributed by atoms with Crippen LogP contribution in [0.4, 0.5) is 0 Å². The van der Waals surface area contributed by atoms with Gasteiger partial charge in [0.05, 0.1) is 22.0 Å². The van der Waals surface area contributed by atoms with Crippen molar-refractivity contribution in [2.24, 2.45) is 0 Å². The molecule has 4 aromatic rings. The van der Waals surface area contributed by atoms with Gasteiger partial charge in [-0.25, -0.2) is 51.2 Å². The Hall–Kier alpha value is -3.00. The molecule has 177 valence electrons. The molecule has 0 saturated carbocycles. The van der Waals surface area contributed by atoms with Crippen LogP contribution in [0.5, 0.6) is 0 Å². The molecule has 0 aliphatic rings. The first-order valence-corrected chi connectivity index (χ1v) is 11.0. The summed E-state index contributed by atoms with van der Waals surface area (Å²) in [4.78, 5) is 41.9. The van der Waals surface area contributed by atoms with Crippen molar-refractivity contribution in [3.63, 3.8) is 0 Å². The predicted molar refractivity (Wildman–Crippen MR) is 114 cm³/mol. The molecule has 4 rings (SSSR count). The third kappa shape index (κ3) is 19.4. The molecular formula is C12H14BiN7O9S4+3. The average Bonchev–Trinajstić information content (AvgIpc) is 3.52. The van der Waals surface area contributed by atoms with E-state index in [1.54, 1.807) is 45.3 Å². The molecule has 4 aromatic heterocycles. The number of hydrogen-bond acceptors (Lipinski definition) is 11. The van der Waals surface area contributed by atoms with Gasteiger partial charge in [0, 0.05) is 47.7 Å². The van der Waals surface area contributed by atoms with E-state index in [9.17, 15) is 0 Å².